The Hall–Kier alpha value is -2.15. The topological polar surface area (TPSA) is 78.0 Å². The Morgan fingerprint density at radius 2 is 1.96 bits per heavy atom. The van der Waals surface area contributed by atoms with Gasteiger partial charge in [-0.05, 0) is 56.4 Å². The van der Waals surface area contributed by atoms with Gasteiger partial charge in [0.1, 0.15) is 5.82 Å². The van der Waals surface area contributed by atoms with Crippen LogP contribution in [0.3, 0.4) is 0 Å². The summed E-state index contributed by atoms with van der Waals surface area (Å²) in [5.41, 5.74) is 7.32. The maximum atomic E-state index is 13.2. The minimum Gasteiger partial charge on any atom is -0.370 e. The number of fused-ring (bicyclic) bond motifs is 1. The third-order valence-corrected chi connectivity index (χ3v) is 5.23. The summed E-state index contributed by atoms with van der Waals surface area (Å²) in [6.45, 7) is 0. The van der Waals surface area contributed by atoms with Crippen molar-refractivity contribution in [1.82, 2.24) is 9.55 Å². The number of carbonyl (C=O) groups excluding carboxylic acids is 1. The van der Waals surface area contributed by atoms with Crippen LogP contribution in [0.2, 0.25) is 0 Å². The van der Waals surface area contributed by atoms with Gasteiger partial charge < -0.3 is 5.73 Å². The molecular weight excluding hydrogens is 341 g/mol. The highest BCUT2D eigenvalue weighted by Gasteiger charge is 2.20. The predicted octanol–water partition coefficient (Wildman–Crippen LogP) is 2.61. The number of aryl methyl sites for hydroxylation is 1. The summed E-state index contributed by atoms with van der Waals surface area (Å²) in [7, 11) is 0. The minimum atomic E-state index is -0.349. The number of primary amides is 1. The number of thioether (sulfide) groups is 1. The van der Waals surface area contributed by atoms with E-state index in [2.05, 4.69) is 0 Å². The smallest absolute Gasteiger partial charge is 0.262 e. The number of hydrogen-bond donors (Lipinski definition) is 1. The highest BCUT2D eigenvalue weighted by atomic mass is 32.2. The standard InChI is InChI=1S/C18H20FN3O2S/c19-12-7-9-13(10-8-12)22-17(24)14-4-1-2-5-15(14)21-18(22)25-11-3-6-16(20)23/h7-10H,1-6,11H2,(H2,20,23). The van der Waals surface area contributed by atoms with E-state index in [1.165, 1.54) is 23.9 Å². The molecule has 0 saturated heterocycles. The Bertz CT molecular complexity index is 833. The molecule has 5 nitrogen and oxygen atoms in total. The molecule has 0 bridgehead atoms. The Balaban J connectivity index is 1.99. The highest BCUT2D eigenvalue weighted by Crippen LogP contribution is 2.24. The van der Waals surface area contributed by atoms with Gasteiger partial charge in [0, 0.05) is 17.7 Å². The van der Waals surface area contributed by atoms with Crippen LogP contribution in [-0.2, 0) is 17.6 Å². The van der Waals surface area contributed by atoms with Gasteiger partial charge in [0.05, 0.1) is 11.4 Å². The number of rotatable bonds is 6. The van der Waals surface area contributed by atoms with Crippen LogP contribution in [0.1, 0.15) is 36.9 Å². The van der Waals surface area contributed by atoms with Gasteiger partial charge in [0.15, 0.2) is 5.16 Å². The summed E-state index contributed by atoms with van der Waals surface area (Å²) in [5.74, 6) is -0.0525. The zero-order valence-electron chi connectivity index (χ0n) is 13.8. The third-order valence-electron chi connectivity index (χ3n) is 4.21. The Labute approximate surface area is 149 Å². The summed E-state index contributed by atoms with van der Waals surface area (Å²) >= 11 is 1.43. The quantitative estimate of drug-likeness (QED) is 0.487. The Morgan fingerprint density at radius 3 is 2.68 bits per heavy atom. The van der Waals surface area contributed by atoms with Crippen molar-refractivity contribution in [3.63, 3.8) is 0 Å². The Kier molecular flexibility index (Phi) is 5.53. The van der Waals surface area contributed by atoms with E-state index in [-0.39, 0.29) is 17.3 Å². The summed E-state index contributed by atoms with van der Waals surface area (Å²) in [6.07, 6.45) is 4.48. The lowest BCUT2D eigenvalue weighted by Crippen LogP contribution is -2.29. The van der Waals surface area contributed by atoms with Crippen molar-refractivity contribution in [2.45, 2.75) is 43.7 Å². The van der Waals surface area contributed by atoms with Gasteiger partial charge in [-0.3, -0.25) is 14.2 Å². The van der Waals surface area contributed by atoms with Gasteiger partial charge in [-0.1, -0.05) is 11.8 Å². The number of carbonyl (C=O) groups is 1. The van der Waals surface area contributed by atoms with Gasteiger partial charge in [-0.2, -0.15) is 0 Å². The van der Waals surface area contributed by atoms with Crippen molar-refractivity contribution >= 4 is 17.7 Å². The first-order valence-electron chi connectivity index (χ1n) is 8.38. The van der Waals surface area contributed by atoms with Gasteiger partial charge in [0.25, 0.3) is 5.56 Å². The second-order valence-corrected chi connectivity index (χ2v) is 7.12. The van der Waals surface area contributed by atoms with Crippen molar-refractivity contribution in [2.24, 2.45) is 5.73 Å². The third kappa shape index (κ3) is 4.10. The van der Waals surface area contributed by atoms with E-state index in [0.717, 1.165) is 36.9 Å². The number of amides is 1. The second-order valence-electron chi connectivity index (χ2n) is 6.06. The average Bonchev–Trinajstić information content (AvgIpc) is 2.60. The minimum absolute atomic E-state index is 0.0753. The van der Waals surface area contributed by atoms with Crippen LogP contribution in [0.4, 0.5) is 4.39 Å². The molecule has 0 saturated carbocycles. The number of benzene rings is 1. The molecule has 2 aromatic rings. The first kappa shape index (κ1) is 17.7. The fraction of sp³-hybridized carbons (Fsp3) is 0.389. The van der Waals surface area contributed by atoms with Crippen LogP contribution < -0.4 is 11.3 Å². The van der Waals surface area contributed by atoms with Crippen LogP contribution in [0.5, 0.6) is 0 Å². The van der Waals surface area contributed by atoms with Crippen molar-refractivity contribution in [3.8, 4) is 5.69 Å². The van der Waals surface area contributed by atoms with Crippen LogP contribution in [0.15, 0.2) is 34.2 Å². The largest absolute Gasteiger partial charge is 0.370 e. The first-order valence-corrected chi connectivity index (χ1v) is 9.36. The van der Waals surface area contributed by atoms with Gasteiger partial charge in [-0.25, -0.2) is 9.37 Å². The summed E-state index contributed by atoms with van der Waals surface area (Å²) in [5, 5.41) is 0.585. The number of nitrogens with two attached hydrogens (primary N) is 1. The molecule has 7 heteroatoms. The molecular formula is C18H20FN3O2S. The van der Waals surface area contributed by atoms with Crippen molar-refractivity contribution in [1.29, 1.82) is 0 Å². The summed E-state index contributed by atoms with van der Waals surface area (Å²) in [4.78, 5) is 28.6. The lowest BCUT2D eigenvalue weighted by atomic mass is 9.97. The Morgan fingerprint density at radius 1 is 1.24 bits per heavy atom. The number of aromatic nitrogens is 2. The second kappa shape index (κ2) is 7.82. The van der Waals surface area contributed by atoms with Gasteiger partial charge in [0.2, 0.25) is 5.91 Å². The lowest BCUT2D eigenvalue weighted by molar-refractivity contribution is -0.118. The lowest BCUT2D eigenvalue weighted by Gasteiger charge is -2.19. The summed E-state index contributed by atoms with van der Waals surface area (Å²) in [6, 6.07) is 5.84. The molecule has 0 fully saturated rings. The average molecular weight is 361 g/mol. The normalized spacial score (nSPS) is 13.5. The molecule has 0 spiro atoms. The zero-order chi connectivity index (χ0) is 17.8. The van der Waals surface area contributed by atoms with Crippen LogP contribution in [-0.4, -0.2) is 21.2 Å². The molecule has 0 unspecified atom stereocenters. The first-order chi connectivity index (χ1) is 12.1. The fourth-order valence-corrected chi connectivity index (χ4v) is 3.92. The molecule has 1 aromatic carbocycles. The monoisotopic (exact) mass is 361 g/mol. The zero-order valence-corrected chi connectivity index (χ0v) is 14.7. The van der Waals surface area contributed by atoms with E-state index in [0.29, 0.717) is 29.4 Å². The SMILES string of the molecule is NC(=O)CCCSc1nc2c(c(=O)n1-c1ccc(F)cc1)CCCC2. The van der Waals surface area contributed by atoms with Crippen LogP contribution in [0, 0.1) is 5.82 Å². The molecule has 2 N–H and O–H groups in total. The van der Waals surface area contributed by atoms with Gasteiger partial charge >= 0.3 is 0 Å². The van der Waals surface area contributed by atoms with Crippen molar-refractivity contribution in [3.05, 3.63) is 51.7 Å². The number of halogens is 1. The van der Waals surface area contributed by atoms with E-state index in [9.17, 15) is 14.0 Å². The van der Waals surface area contributed by atoms with E-state index >= 15 is 0 Å². The predicted molar refractivity (Wildman–Crippen MR) is 95.6 cm³/mol. The molecule has 132 valence electrons. The van der Waals surface area contributed by atoms with Crippen molar-refractivity contribution in [2.75, 3.05) is 5.75 Å². The van der Waals surface area contributed by atoms with Gasteiger partial charge in [-0.15, -0.1) is 0 Å². The van der Waals surface area contributed by atoms with Crippen LogP contribution >= 0.6 is 11.8 Å². The molecule has 1 aliphatic rings. The van der Waals surface area contributed by atoms with E-state index < -0.39 is 0 Å². The molecule has 25 heavy (non-hydrogen) atoms. The van der Waals surface area contributed by atoms with Crippen LogP contribution in [0.25, 0.3) is 5.69 Å². The highest BCUT2D eigenvalue weighted by molar-refractivity contribution is 7.99. The maximum Gasteiger partial charge on any atom is 0.262 e. The van der Waals surface area contributed by atoms with E-state index in [4.69, 9.17) is 10.7 Å². The van der Waals surface area contributed by atoms with E-state index in [1.54, 1.807) is 16.7 Å². The number of hydrogen-bond acceptors (Lipinski definition) is 4. The molecule has 1 amide bonds. The molecule has 1 aliphatic carbocycles. The maximum absolute atomic E-state index is 13.2. The molecule has 1 heterocycles. The number of nitrogens with zero attached hydrogens (tertiary/aromatic N) is 2. The molecule has 0 aliphatic heterocycles. The summed E-state index contributed by atoms with van der Waals surface area (Å²) < 4.78 is 14.8. The molecule has 0 atom stereocenters. The van der Waals surface area contributed by atoms with Crippen molar-refractivity contribution < 1.29 is 9.18 Å². The fourth-order valence-electron chi connectivity index (χ4n) is 2.95. The molecule has 0 radical (unpaired) electrons. The molecule has 3 rings (SSSR count). The molecule has 1 aromatic heterocycles. The van der Waals surface area contributed by atoms with E-state index in [1.807, 2.05) is 0 Å².